The van der Waals surface area contributed by atoms with Crippen molar-refractivity contribution in [1.29, 1.82) is 0 Å². The Labute approximate surface area is 174 Å². The monoisotopic (exact) mass is 411 g/mol. The number of carboxylic acid groups (broad SMARTS) is 1. The van der Waals surface area contributed by atoms with Gasteiger partial charge in [-0.05, 0) is 25.0 Å². The molecule has 1 aliphatic rings. The fourth-order valence-electron chi connectivity index (χ4n) is 3.60. The molecule has 1 saturated carbocycles. The second-order valence-corrected chi connectivity index (χ2v) is 7.39. The predicted octanol–water partition coefficient (Wildman–Crippen LogP) is 3.43. The zero-order chi connectivity index (χ0) is 21.1. The van der Waals surface area contributed by atoms with Crippen LogP contribution in [0.1, 0.15) is 41.4 Å². The molecule has 0 aliphatic heterocycles. The van der Waals surface area contributed by atoms with Crippen LogP contribution in [-0.2, 0) is 9.47 Å². The van der Waals surface area contributed by atoms with Crippen LogP contribution >= 0.6 is 0 Å². The molecule has 4 rings (SSSR count). The van der Waals surface area contributed by atoms with Gasteiger partial charge >= 0.3 is 5.97 Å². The van der Waals surface area contributed by atoms with Crippen LogP contribution in [0.15, 0.2) is 36.4 Å². The van der Waals surface area contributed by atoms with Gasteiger partial charge < -0.3 is 19.3 Å². The first-order valence-corrected chi connectivity index (χ1v) is 9.99. The van der Waals surface area contributed by atoms with E-state index in [9.17, 15) is 9.90 Å². The van der Waals surface area contributed by atoms with Gasteiger partial charge in [0.25, 0.3) is 0 Å². The number of nitrogens with zero attached hydrogens (tertiary/aromatic N) is 3. The maximum Gasteiger partial charge on any atom is 0.354 e. The molecule has 0 spiro atoms. The van der Waals surface area contributed by atoms with Gasteiger partial charge in [-0.2, -0.15) is 5.10 Å². The molecule has 1 aromatic carbocycles. The van der Waals surface area contributed by atoms with Crippen molar-refractivity contribution in [2.24, 2.45) is 0 Å². The highest BCUT2D eigenvalue weighted by Gasteiger charge is 2.29. The minimum Gasteiger partial charge on any atom is -0.490 e. The average Bonchev–Trinajstić information content (AvgIpc) is 3.09. The summed E-state index contributed by atoms with van der Waals surface area (Å²) < 4.78 is 18.3. The van der Waals surface area contributed by atoms with E-state index in [2.05, 4.69) is 4.98 Å². The third-order valence-electron chi connectivity index (χ3n) is 5.45. The molecular weight excluding hydrogens is 386 g/mol. The van der Waals surface area contributed by atoms with Gasteiger partial charge in [0.1, 0.15) is 18.5 Å². The minimum absolute atomic E-state index is 0.0875. The normalized spacial score (nSPS) is 15.1. The van der Waals surface area contributed by atoms with E-state index < -0.39 is 5.97 Å². The fraction of sp³-hybridized carbons (Fsp3) is 0.409. The molecule has 0 bridgehead atoms. The van der Waals surface area contributed by atoms with Crippen molar-refractivity contribution in [1.82, 2.24) is 14.8 Å². The number of fused-ring (bicyclic) bond motifs is 1. The smallest absolute Gasteiger partial charge is 0.354 e. The van der Waals surface area contributed by atoms with Gasteiger partial charge in [-0.15, -0.1) is 0 Å². The van der Waals surface area contributed by atoms with Crippen LogP contribution in [0, 0.1) is 0 Å². The number of methoxy groups -OCH3 is 2. The zero-order valence-electron chi connectivity index (χ0n) is 17.1. The highest BCUT2D eigenvalue weighted by molar-refractivity contribution is 5.94. The number of aromatic nitrogens is 3. The minimum atomic E-state index is -1.12. The summed E-state index contributed by atoms with van der Waals surface area (Å²) >= 11 is 0. The number of pyridine rings is 1. The summed E-state index contributed by atoms with van der Waals surface area (Å²) in [5, 5.41) is 15.2. The summed E-state index contributed by atoms with van der Waals surface area (Å²) in [6, 6.07) is 11.1. The van der Waals surface area contributed by atoms with Gasteiger partial charge in [0.2, 0.25) is 0 Å². The molecule has 1 N–H and O–H groups in total. The number of carboxylic acids is 1. The largest absolute Gasteiger partial charge is 0.490 e. The Bertz CT molecular complexity index is 1030. The zero-order valence-corrected chi connectivity index (χ0v) is 17.1. The molecule has 1 aliphatic carbocycles. The van der Waals surface area contributed by atoms with Crippen molar-refractivity contribution in [3.8, 4) is 11.4 Å². The SMILES string of the molecule is COCC(COc1cc(C(=O)O)nc2c1c(C1CCC1)nn2-c1ccccc1)OC. The second-order valence-electron chi connectivity index (χ2n) is 7.39. The van der Waals surface area contributed by atoms with E-state index in [4.69, 9.17) is 19.3 Å². The molecule has 0 saturated heterocycles. The summed E-state index contributed by atoms with van der Waals surface area (Å²) in [6.07, 6.45) is 2.97. The number of carbonyl (C=O) groups is 1. The van der Waals surface area contributed by atoms with Crippen LogP contribution in [0.4, 0.5) is 0 Å². The van der Waals surface area contributed by atoms with Crippen molar-refractivity contribution in [2.75, 3.05) is 27.4 Å². The average molecular weight is 411 g/mol. The lowest BCUT2D eigenvalue weighted by Gasteiger charge is -2.24. The number of hydrogen-bond donors (Lipinski definition) is 1. The molecule has 8 heteroatoms. The van der Waals surface area contributed by atoms with Crippen molar-refractivity contribution in [3.05, 3.63) is 47.8 Å². The van der Waals surface area contributed by atoms with Crippen LogP contribution in [-0.4, -0.2) is 59.4 Å². The van der Waals surface area contributed by atoms with E-state index in [0.717, 1.165) is 36.0 Å². The molecule has 30 heavy (non-hydrogen) atoms. The van der Waals surface area contributed by atoms with Crippen LogP contribution in [0.2, 0.25) is 0 Å². The molecule has 2 heterocycles. The van der Waals surface area contributed by atoms with Crippen molar-refractivity contribution < 1.29 is 24.1 Å². The van der Waals surface area contributed by atoms with Gasteiger partial charge in [-0.25, -0.2) is 14.5 Å². The summed E-state index contributed by atoms with van der Waals surface area (Å²) in [5.41, 5.74) is 2.12. The summed E-state index contributed by atoms with van der Waals surface area (Å²) in [7, 11) is 3.18. The first-order chi connectivity index (χ1) is 14.6. The van der Waals surface area contributed by atoms with Crippen LogP contribution in [0.3, 0.4) is 0 Å². The molecule has 1 fully saturated rings. The fourth-order valence-corrected chi connectivity index (χ4v) is 3.60. The predicted molar refractivity (Wildman–Crippen MR) is 111 cm³/mol. The molecule has 1 unspecified atom stereocenters. The topological polar surface area (TPSA) is 95.7 Å². The Morgan fingerprint density at radius 1 is 1.23 bits per heavy atom. The lowest BCUT2D eigenvalue weighted by Crippen LogP contribution is -2.25. The standard InChI is InChI=1S/C22H25N3O5/c1-28-12-16(29-2)13-30-18-11-17(22(26)27)23-21-19(18)20(14-7-6-8-14)24-25(21)15-9-4-3-5-10-15/h3-5,9-11,14,16H,6-8,12-13H2,1-2H3,(H,26,27). The second kappa shape index (κ2) is 8.81. The van der Waals surface area contributed by atoms with E-state index in [-0.39, 0.29) is 18.4 Å². The van der Waals surface area contributed by atoms with Crippen LogP contribution < -0.4 is 4.74 Å². The van der Waals surface area contributed by atoms with E-state index in [0.29, 0.717) is 23.9 Å². The first-order valence-electron chi connectivity index (χ1n) is 9.99. The Morgan fingerprint density at radius 2 is 2.00 bits per heavy atom. The van der Waals surface area contributed by atoms with Crippen LogP contribution in [0.25, 0.3) is 16.7 Å². The molecule has 0 radical (unpaired) electrons. The van der Waals surface area contributed by atoms with E-state index in [1.165, 1.54) is 6.07 Å². The molecule has 158 valence electrons. The quantitative estimate of drug-likeness (QED) is 0.576. The van der Waals surface area contributed by atoms with Gasteiger partial charge in [0, 0.05) is 26.2 Å². The van der Waals surface area contributed by atoms with Gasteiger partial charge in [-0.3, -0.25) is 0 Å². The van der Waals surface area contributed by atoms with Crippen molar-refractivity contribution in [2.45, 2.75) is 31.3 Å². The summed E-state index contributed by atoms with van der Waals surface area (Å²) in [6.45, 7) is 0.596. The molecule has 2 aromatic heterocycles. The summed E-state index contributed by atoms with van der Waals surface area (Å²) in [5.74, 6) is -0.345. The highest BCUT2D eigenvalue weighted by Crippen LogP contribution is 2.42. The molecular formula is C22H25N3O5. The molecule has 0 amide bonds. The number of benzene rings is 1. The lowest BCUT2D eigenvalue weighted by molar-refractivity contribution is 0.00114. The number of hydrogen-bond acceptors (Lipinski definition) is 6. The van der Waals surface area contributed by atoms with E-state index in [1.54, 1.807) is 18.9 Å². The Balaban J connectivity index is 1.86. The number of ether oxygens (including phenoxy) is 3. The summed E-state index contributed by atoms with van der Waals surface area (Å²) in [4.78, 5) is 16.2. The Morgan fingerprint density at radius 3 is 2.60 bits per heavy atom. The van der Waals surface area contributed by atoms with Gasteiger partial charge in [0.05, 0.1) is 23.4 Å². The van der Waals surface area contributed by atoms with Crippen LogP contribution in [0.5, 0.6) is 5.75 Å². The lowest BCUT2D eigenvalue weighted by atomic mass is 9.82. The maximum absolute atomic E-state index is 11.8. The van der Waals surface area contributed by atoms with Gasteiger partial charge in [0.15, 0.2) is 11.3 Å². The molecule has 8 nitrogen and oxygen atoms in total. The van der Waals surface area contributed by atoms with E-state index in [1.807, 2.05) is 30.3 Å². The Hall–Kier alpha value is -2.97. The number of aromatic carboxylic acids is 1. The number of rotatable bonds is 9. The Kier molecular flexibility index (Phi) is 5.96. The third kappa shape index (κ3) is 3.88. The van der Waals surface area contributed by atoms with Crippen molar-refractivity contribution in [3.63, 3.8) is 0 Å². The number of para-hydroxylation sites is 1. The highest BCUT2D eigenvalue weighted by atomic mass is 16.5. The van der Waals surface area contributed by atoms with Crippen molar-refractivity contribution >= 4 is 17.0 Å². The maximum atomic E-state index is 11.8. The first kappa shape index (κ1) is 20.3. The molecule has 3 aromatic rings. The van der Waals surface area contributed by atoms with E-state index >= 15 is 0 Å². The van der Waals surface area contributed by atoms with Gasteiger partial charge in [-0.1, -0.05) is 24.6 Å². The third-order valence-corrected chi connectivity index (χ3v) is 5.45. The molecule has 1 atom stereocenters.